The highest BCUT2D eigenvalue weighted by atomic mass is 35.5. The van der Waals surface area contributed by atoms with Gasteiger partial charge in [0.15, 0.2) is 0 Å². The van der Waals surface area contributed by atoms with Crippen LogP contribution < -0.4 is 5.73 Å². The van der Waals surface area contributed by atoms with Crippen molar-refractivity contribution >= 4 is 17.4 Å². The Labute approximate surface area is 99.6 Å². The van der Waals surface area contributed by atoms with Gasteiger partial charge in [0, 0.05) is 18.9 Å². The van der Waals surface area contributed by atoms with Crippen LogP contribution in [-0.4, -0.2) is 12.3 Å². The van der Waals surface area contributed by atoms with Crippen LogP contribution in [0.4, 0.5) is 4.39 Å². The lowest BCUT2D eigenvalue weighted by Crippen LogP contribution is -2.24. The van der Waals surface area contributed by atoms with E-state index in [0.717, 1.165) is 0 Å². The first kappa shape index (κ1) is 13.1. The van der Waals surface area contributed by atoms with Gasteiger partial charge in [-0.25, -0.2) is 4.39 Å². The minimum Gasteiger partial charge on any atom is -0.330 e. The van der Waals surface area contributed by atoms with Crippen molar-refractivity contribution in [1.82, 2.24) is 0 Å². The van der Waals surface area contributed by atoms with Crippen molar-refractivity contribution in [2.75, 3.05) is 6.54 Å². The monoisotopic (exact) mass is 243 g/mol. The smallest absolute Gasteiger partial charge is 0.142 e. The maximum absolute atomic E-state index is 13.1. The highest BCUT2D eigenvalue weighted by Crippen LogP contribution is 2.17. The van der Waals surface area contributed by atoms with E-state index in [1.54, 1.807) is 6.07 Å². The minimum absolute atomic E-state index is 0.0479. The molecule has 16 heavy (non-hydrogen) atoms. The summed E-state index contributed by atoms with van der Waals surface area (Å²) in [7, 11) is 0. The predicted octanol–water partition coefficient (Wildman–Crippen LogP) is 2.58. The molecule has 0 saturated carbocycles. The molecule has 1 aromatic rings. The fourth-order valence-corrected chi connectivity index (χ4v) is 1.64. The van der Waals surface area contributed by atoms with Gasteiger partial charge >= 0.3 is 0 Å². The topological polar surface area (TPSA) is 43.1 Å². The Morgan fingerprint density at radius 2 is 2.25 bits per heavy atom. The van der Waals surface area contributed by atoms with Gasteiger partial charge < -0.3 is 5.73 Å². The van der Waals surface area contributed by atoms with E-state index >= 15 is 0 Å². The van der Waals surface area contributed by atoms with Crippen molar-refractivity contribution in [3.63, 3.8) is 0 Å². The first-order valence-electron chi connectivity index (χ1n) is 5.25. The summed E-state index contributed by atoms with van der Waals surface area (Å²) < 4.78 is 13.1. The Bertz CT molecular complexity index is 377. The third-order valence-electron chi connectivity index (χ3n) is 2.60. The van der Waals surface area contributed by atoms with Crippen molar-refractivity contribution in [1.29, 1.82) is 0 Å². The van der Waals surface area contributed by atoms with Gasteiger partial charge in [0.2, 0.25) is 0 Å². The predicted molar refractivity (Wildman–Crippen MR) is 63.0 cm³/mol. The maximum atomic E-state index is 13.1. The van der Waals surface area contributed by atoms with Crippen LogP contribution >= 0.6 is 11.6 Å². The molecule has 0 spiro atoms. The largest absolute Gasteiger partial charge is 0.330 e. The van der Waals surface area contributed by atoms with Gasteiger partial charge in [-0.3, -0.25) is 4.79 Å². The molecule has 1 aromatic carbocycles. The van der Waals surface area contributed by atoms with Crippen LogP contribution in [0.5, 0.6) is 0 Å². The van der Waals surface area contributed by atoms with Crippen molar-refractivity contribution < 1.29 is 9.18 Å². The number of ketones is 1. The lowest BCUT2D eigenvalue weighted by Gasteiger charge is -2.10. The number of carbonyl (C=O) groups is 1. The number of nitrogens with two attached hydrogens (primary N) is 1. The highest BCUT2D eigenvalue weighted by Gasteiger charge is 2.15. The quantitative estimate of drug-likeness (QED) is 0.864. The number of halogens is 2. The molecule has 2 nitrogen and oxygen atoms in total. The molecule has 0 amide bonds. The van der Waals surface area contributed by atoms with E-state index in [9.17, 15) is 9.18 Å². The third-order valence-corrected chi connectivity index (χ3v) is 2.90. The molecule has 0 heterocycles. The third kappa shape index (κ3) is 3.29. The van der Waals surface area contributed by atoms with Gasteiger partial charge in [-0.2, -0.15) is 0 Å². The summed E-state index contributed by atoms with van der Waals surface area (Å²) in [6, 6.07) is 4.42. The summed E-state index contributed by atoms with van der Waals surface area (Å²) in [5.74, 6) is -0.585. The zero-order chi connectivity index (χ0) is 12.1. The van der Waals surface area contributed by atoms with Crippen LogP contribution in [0.3, 0.4) is 0 Å². The standard InChI is InChI=1S/C12H15ClFNO/c1-2-9(7-15)12(16)6-8-3-4-10(13)11(14)5-8/h3-5,9H,2,6-7,15H2,1H3. The molecule has 2 N–H and O–H groups in total. The average molecular weight is 244 g/mol. The molecule has 0 radical (unpaired) electrons. The molecule has 0 bridgehead atoms. The Balaban J connectivity index is 2.73. The molecule has 1 atom stereocenters. The van der Waals surface area contributed by atoms with Crippen molar-refractivity contribution in [3.05, 3.63) is 34.6 Å². The van der Waals surface area contributed by atoms with Gasteiger partial charge in [0.05, 0.1) is 5.02 Å². The van der Waals surface area contributed by atoms with Crippen LogP contribution in [0.2, 0.25) is 5.02 Å². The number of Topliss-reactive ketones (excluding diaryl/α,β-unsaturated/α-hetero) is 1. The SMILES string of the molecule is CCC(CN)C(=O)Cc1ccc(Cl)c(F)c1. The maximum Gasteiger partial charge on any atom is 0.142 e. The molecule has 88 valence electrons. The normalized spacial score (nSPS) is 12.5. The molecule has 1 rings (SSSR count). The molecule has 0 aliphatic rings. The molecule has 0 aliphatic carbocycles. The zero-order valence-electron chi connectivity index (χ0n) is 9.17. The second-order valence-electron chi connectivity index (χ2n) is 3.73. The summed E-state index contributed by atoms with van der Waals surface area (Å²) in [5.41, 5.74) is 6.11. The van der Waals surface area contributed by atoms with Crippen molar-refractivity contribution in [3.8, 4) is 0 Å². The average Bonchev–Trinajstić information content (AvgIpc) is 2.25. The molecule has 0 saturated heterocycles. The summed E-state index contributed by atoms with van der Waals surface area (Å²) in [6.07, 6.45) is 0.926. The molecule has 0 aliphatic heterocycles. The van der Waals surface area contributed by atoms with Crippen LogP contribution in [-0.2, 0) is 11.2 Å². The summed E-state index contributed by atoms with van der Waals surface area (Å²) in [4.78, 5) is 11.7. The minimum atomic E-state index is -0.493. The lowest BCUT2D eigenvalue weighted by molar-refractivity contribution is -0.122. The summed E-state index contributed by atoms with van der Waals surface area (Å²) in [5, 5.41) is 0.0714. The van der Waals surface area contributed by atoms with Crippen LogP contribution in [0.1, 0.15) is 18.9 Å². The Morgan fingerprint density at radius 1 is 1.56 bits per heavy atom. The second-order valence-corrected chi connectivity index (χ2v) is 4.14. The first-order chi connectivity index (χ1) is 7.58. The number of benzene rings is 1. The molecule has 4 heteroatoms. The van der Waals surface area contributed by atoms with Gasteiger partial charge in [0.1, 0.15) is 11.6 Å². The van der Waals surface area contributed by atoms with E-state index in [1.165, 1.54) is 12.1 Å². The van der Waals surface area contributed by atoms with Crippen molar-refractivity contribution in [2.45, 2.75) is 19.8 Å². The summed E-state index contributed by atoms with van der Waals surface area (Å²) >= 11 is 5.55. The van der Waals surface area contributed by atoms with Gasteiger partial charge in [0.25, 0.3) is 0 Å². The number of rotatable bonds is 5. The molecular formula is C12H15ClFNO. The van der Waals surface area contributed by atoms with Crippen LogP contribution in [0.15, 0.2) is 18.2 Å². The Kier molecular flexibility index (Phi) is 4.90. The molecule has 0 fully saturated rings. The Hall–Kier alpha value is -0.930. The zero-order valence-corrected chi connectivity index (χ0v) is 9.93. The molecule has 1 unspecified atom stereocenters. The fraction of sp³-hybridized carbons (Fsp3) is 0.417. The highest BCUT2D eigenvalue weighted by molar-refractivity contribution is 6.30. The van der Waals surface area contributed by atoms with E-state index in [2.05, 4.69) is 0 Å². The van der Waals surface area contributed by atoms with E-state index in [-0.39, 0.29) is 23.1 Å². The number of hydrogen-bond donors (Lipinski definition) is 1. The van der Waals surface area contributed by atoms with E-state index in [0.29, 0.717) is 18.5 Å². The fourth-order valence-electron chi connectivity index (χ4n) is 1.52. The molecule has 0 aromatic heterocycles. The molecular weight excluding hydrogens is 229 g/mol. The second kappa shape index (κ2) is 5.97. The lowest BCUT2D eigenvalue weighted by atomic mass is 9.96. The number of carbonyl (C=O) groups excluding carboxylic acids is 1. The number of hydrogen-bond acceptors (Lipinski definition) is 2. The van der Waals surface area contributed by atoms with Crippen LogP contribution in [0, 0.1) is 11.7 Å². The summed E-state index contributed by atoms with van der Waals surface area (Å²) in [6.45, 7) is 2.25. The Morgan fingerprint density at radius 3 is 2.75 bits per heavy atom. The van der Waals surface area contributed by atoms with E-state index < -0.39 is 5.82 Å². The van der Waals surface area contributed by atoms with Crippen molar-refractivity contribution in [2.24, 2.45) is 11.7 Å². The van der Waals surface area contributed by atoms with Gasteiger partial charge in [-0.15, -0.1) is 0 Å². The van der Waals surface area contributed by atoms with Gasteiger partial charge in [-0.05, 0) is 24.1 Å². The van der Waals surface area contributed by atoms with Crippen LogP contribution in [0.25, 0.3) is 0 Å². The van der Waals surface area contributed by atoms with Gasteiger partial charge in [-0.1, -0.05) is 24.6 Å². The van der Waals surface area contributed by atoms with E-state index in [4.69, 9.17) is 17.3 Å². The first-order valence-corrected chi connectivity index (χ1v) is 5.63. The van der Waals surface area contributed by atoms with E-state index in [1.807, 2.05) is 6.92 Å².